The third-order valence-corrected chi connectivity index (χ3v) is 7.23. The normalized spacial score (nSPS) is 12.2. The second-order valence-corrected chi connectivity index (χ2v) is 9.24. The van der Waals surface area contributed by atoms with Gasteiger partial charge in [-0.15, -0.1) is 11.3 Å². The highest BCUT2D eigenvalue weighted by Crippen LogP contribution is 2.29. The van der Waals surface area contributed by atoms with Gasteiger partial charge in [-0.1, -0.05) is 11.3 Å². The summed E-state index contributed by atoms with van der Waals surface area (Å²) in [4.78, 5) is 29.0. The number of carbonyl (C=O) groups is 1. The molecule has 0 bridgehead atoms. The lowest BCUT2D eigenvalue weighted by Crippen LogP contribution is -2.19. The van der Waals surface area contributed by atoms with Crippen molar-refractivity contribution in [2.24, 2.45) is 4.99 Å². The standard InChI is InChI=1S/C22H21N3O4S2/c1-4-29-8-7-24-17-9-13(2)14(3)10-19(17)31-22(24)23-21(26)20-12-15-11-16(25(27)28)5-6-18(15)30-20/h5-6,9-12H,4,7-8H2,1-3H3. The lowest BCUT2D eigenvalue weighted by atomic mass is 10.1. The van der Waals surface area contributed by atoms with Crippen LogP contribution in [0.25, 0.3) is 20.3 Å². The van der Waals surface area contributed by atoms with Gasteiger partial charge < -0.3 is 9.30 Å². The Hall–Kier alpha value is -2.88. The molecule has 1 amide bonds. The van der Waals surface area contributed by atoms with Crippen LogP contribution in [0.4, 0.5) is 5.69 Å². The van der Waals surface area contributed by atoms with E-state index in [1.807, 2.05) is 11.5 Å². The zero-order valence-electron chi connectivity index (χ0n) is 17.4. The minimum Gasteiger partial charge on any atom is -0.380 e. The summed E-state index contributed by atoms with van der Waals surface area (Å²) in [7, 11) is 0. The fourth-order valence-electron chi connectivity index (χ4n) is 3.31. The number of rotatable bonds is 6. The number of amides is 1. The number of carbonyl (C=O) groups excluding carboxylic acids is 1. The summed E-state index contributed by atoms with van der Waals surface area (Å²) in [6.07, 6.45) is 0. The van der Waals surface area contributed by atoms with E-state index in [0.29, 0.717) is 34.8 Å². The number of thiazole rings is 1. The smallest absolute Gasteiger partial charge is 0.289 e. The number of nitrogens with zero attached hydrogens (tertiary/aromatic N) is 3. The number of ether oxygens (including phenoxy) is 1. The van der Waals surface area contributed by atoms with E-state index < -0.39 is 4.92 Å². The number of hydrogen-bond acceptors (Lipinski definition) is 6. The highest BCUT2D eigenvalue weighted by Gasteiger charge is 2.15. The Labute approximate surface area is 186 Å². The van der Waals surface area contributed by atoms with E-state index in [0.717, 1.165) is 14.9 Å². The lowest BCUT2D eigenvalue weighted by molar-refractivity contribution is -0.384. The third kappa shape index (κ3) is 4.30. The number of thiophene rings is 1. The van der Waals surface area contributed by atoms with E-state index >= 15 is 0 Å². The van der Waals surface area contributed by atoms with Crippen LogP contribution in [0.15, 0.2) is 41.4 Å². The predicted molar refractivity (Wildman–Crippen MR) is 124 cm³/mol. The van der Waals surface area contributed by atoms with Crippen LogP contribution in [0.3, 0.4) is 0 Å². The van der Waals surface area contributed by atoms with Crippen LogP contribution in [0.5, 0.6) is 0 Å². The molecule has 160 valence electrons. The van der Waals surface area contributed by atoms with E-state index in [4.69, 9.17) is 4.74 Å². The summed E-state index contributed by atoms with van der Waals surface area (Å²) >= 11 is 2.77. The van der Waals surface area contributed by atoms with Gasteiger partial charge in [-0.3, -0.25) is 14.9 Å². The first-order valence-corrected chi connectivity index (χ1v) is 11.5. The molecule has 0 spiro atoms. The molecule has 2 aromatic heterocycles. The molecule has 7 nitrogen and oxygen atoms in total. The van der Waals surface area contributed by atoms with Crippen molar-refractivity contribution < 1.29 is 14.5 Å². The number of nitro benzene ring substituents is 1. The van der Waals surface area contributed by atoms with Gasteiger partial charge in [0.1, 0.15) is 0 Å². The summed E-state index contributed by atoms with van der Waals surface area (Å²) in [6.45, 7) is 7.84. The minimum absolute atomic E-state index is 0.00486. The molecule has 0 unspecified atom stereocenters. The average Bonchev–Trinajstić information content (AvgIpc) is 3.30. The van der Waals surface area contributed by atoms with Gasteiger partial charge in [-0.25, -0.2) is 0 Å². The Morgan fingerprint density at radius 2 is 1.90 bits per heavy atom. The molecule has 9 heteroatoms. The van der Waals surface area contributed by atoms with Gasteiger partial charge in [0.15, 0.2) is 4.80 Å². The van der Waals surface area contributed by atoms with E-state index in [1.54, 1.807) is 12.1 Å². The van der Waals surface area contributed by atoms with Crippen molar-refractivity contribution in [3.05, 3.63) is 67.3 Å². The van der Waals surface area contributed by atoms with Gasteiger partial charge in [0, 0.05) is 35.4 Å². The van der Waals surface area contributed by atoms with Crippen LogP contribution in [0.2, 0.25) is 0 Å². The van der Waals surface area contributed by atoms with Crippen molar-refractivity contribution in [1.82, 2.24) is 4.57 Å². The Morgan fingerprint density at radius 3 is 2.65 bits per heavy atom. The molecule has 0 aliphatic rings. The molecule has 2 heterocycles. The van der Waals surface area contributed by atoms with Crippen LogP contribution in [-0.4, -0.2) is 28.6 Å². The first kappa shape index (κ1) is 21.4. The summed E-state index contributed by atoms with van der Waals surface area (Å²) in [5.41, 5.74) is 3.41. The maximum atomic E-state index is 13.0. The number of benzene rings is 2. The Kier molecular flexibility index (Phi) is 5.99. The van der Waals surface area contributed by atoms with E-state index in [2.05, 4.69) is 31.0 Å². The Bertz CT molecular complexity index is 1380. The SMILES string of the molecule is CCOCCn1c(=NC(=O)c2cc3cc([N+](=O)[O-])ccc3s2)sc2cc(C)c(C)cc21. The Balaban J connectivity index is 1.78. The number of fused-ring (bicyclic) bond motifs is 2. The van der Waals surface area contributed by atoms with Crippen LogP contribution < -0.4 is 4.80 Å². The van der Waals surface area contributed by atoms with Gasteiger partial charge in [-0.2, -0.15) is 4.99 Å². The van der Waals surface area contributed by atoms with Crippen LogP contribution >= 0.6 is 22.7 Å². The summed E-state index contributed by atoms with van der Waals surface area (Å²) in [6, 6.07) is 10.5. The number of non-ortho nitro benzene ring substituents is 1. The topological polar surface area (TPSA) is 86.7 Å². The number of nitro groups is 1. The van der Waals surface area contributed by atoms with Crippen LogP contribution in [0.1, 0.15) is 27.7 Å². The molecule has 0 saturated heterocycles. The first-order chi connectivity index (χ1) is 14.9. The van der Waals surface area contributed by atoms with Crippen LogP contribution in [-0.2, 0) is 11.3 Å². The molecule has 31 heavy (non-hydrogen) atoms. The number of aryl methyl sites for hydroxylation is 2. The van der Waals surface area contributed by atoms with Crippen molar-refractivity contribution in [3.63, 3.8) is 0 Å². The fourth-order valence-corrected chi connectivity index (χ4v) is 5.38. The molecule has 0 atom stereocenters. The highest BCUT2D eigenvalue weighted by molar-refractivity contribution is 7.21. The first-order valence-electron chi connectivity index (χ1n) is 9.82. The maximum absolute atomic E-state index is 13.0. The molecular weight excluding hydrogens is 434 g/mol. The molecule has 4 rings (SSSR count). The molecular formula is C22H21N3O4S2. The van der Waals surface area contributed by atoms with Crippen molar-refractivity contribution in [2.45, 2.75) is 27.3 Å². The summed E-state index contributed by atoms with van der Waals surface area (Å²) in [5.74, 6) is -0.353. The molecule has 0 aliphatic heterocycles. The van der Waals surface area contributed by atoms with E-state index in [-0.39, 0.29) is 11.6 Å². The average molecular weight is 456 g/mol. The number of aromatic nitrogens is 1. The lowest BCUT2D eigenvalue weighted by Gasteiger charge is -2.07. The van der Waals surface area contributed by atoms with Gasteiger partial charge in [0.2, 0.25) is 0 Å². The summed E-state index contributed by atoms with van der Waals surface area (Å²) < 4.78 is 9.44. The number of hydrogen-bond donors (Lipinski definition) is 0. The third-order valence-electron chi connectivity index (χ3n) is 5.08. The second-order valence-electron chi connectivity index (χ2n) is 7.14. The zero-order chi connectivity index (χ0) is 22.1. The van der Waals surface area contributed by atoms with Crippen molar-refractivity contribution in [1.29, 1.82) is 0 Å². The largest absolute Gasteiger partial charge is 0.380 e. The maximum Gasteiger partial charge on any atom is 0.289 e. The van der Waals surface area contributed by atoms with E-state index in [1.165, 1.54) is 45.9 Å². The van der Waals surface area contributed by atoms with Gasteiger partial charge >= 0.3 is 0 Å². The molecule has 0 fully saturated rings. The predicted octanol–water partition coefficient (Wildman–Crippen LogP) is 5.22. The monoisotopic (exact) mass is 455 g/mol. The minimum atomic E-state index is -0.439. The molecule has 4 aromatic rings. The van der Waals surface area contributed by atoms with Gasteiger partial charge in [0.05, 0.1) is 26.6 Å². The molecule has 0 N–H and O–H groups in total. The molecule has 0 aliphatic carbocycles. The highest BCUT2D eigenvalue weighted by atomic mass is 32.1. The quantitative estimate of drug-likeness (QED) is 0.227. The zero-order valence-corrected chi connectivity index (χ0v) is 19.0. The molecule has 0 radical (unpaired) electrons. The Morgan fingerprint density at radius 1 is 1.13 bits per heavy atom. The van der Waals surface area contributed by atoms with Crippen molar-refractivity contribution in [2.75, 3.05) is 13.2 Å². The van der Waals surface area contributed by atoms with Crippen LogP contribution in [0, 0.1) is 24.0 Å². The van der Waals surface area contributed by atoms with E-state index in [9.17, 15) is 14.9 Å². The van der Waals surface area contributed by atoms with Gasteiger partial charge in [-0.05, 0) is 56.2 Å². The molecule has 2 aromatic carbocycles. The van der Waals surface area contributed by atoms with Crippen molar-refractivity contribution >= 4 is 54.6 Å². The van der Waals surface area contributed by atoms with Crippen molar-refractivity contribution in [3.8, 4) is 0 Å². The summed E-state index contributed by atoms with van der Waals surface area (Å²) in [5, 5.41) is 11.7. The fraction of sp³-hybridized carbons (Fsp3) is 0.273. The molecule has 0 saturated carbocycles. The van der Waals surface area contributed by atoms with Gasteiger partial charge in [0.25, 0.3) is 11.6 Å². The second kappa shape index (κ2) is 8.70.